The summed E-state index contributed by atoms with van der Waals surface area (Å²) < 4.78 is 26.3. The summed E-state index contributed by atoms with van der Waals surface area (Å²) in [6.45, 7) is 0. The van der Waals surface area contributed by atoms with Gasteiger partial charge >= 0.3 is 10.2 Å². The van der Waals surface area contributed by atoms with Crippen molar-refractivity contribution in [2.75, 3.05) is 14.1 Å². The zero-order valence-electron chi connectivity index (χ0n) is 12.1. The number of rotatable bonds is 3. The molecule has 0 saturated heterocycles. The Labute approximate surface area is 128 Å². The first-order valence-electron chi connectivity index (χ1n) is 6.59. The number of benzene rings is 2. The predicted octanol–water partition coefficient (Wildman–Crippen LogP) is 2.06. The van der Waals surface area contributed by atoms with Crippen molar-refractivity contribution in [3.8, 4) is 17.0 Å². The Balaban J connectivity index is 2.09. The molecule has 0 fully saturated rings. The molecule has 0 atom stereocenters. The van der Waals surface area contributed by atoms with Gasteiger partial charge in [-0.05, 0) is 17.5 Å². The van der Waals surface area contributed by atoms with E-state index in [4.69, 9.17) is 0 Å². The maximum absolute atomic E-state index is 12.1. The van der Waals surface area contributed by atoms with Gasteiger partial charge in [0.15, 0.2) is 0 Å². The largest absolute Gasteiger partial charge is 0.507 e. The summed E-state index contributed by atoms with van der Waals surface area (Å²) in [5.41, 5.74) is 1.26. The molecule has 1 heterocycles. The van der Waals surface area contributed by atoms with E-state index in [1.165, 1.54) is 26.6 Å². The molecule has 1 N–H and O–H groups in total. The molecule has 3 aromatic rings. The normalized spacial score (nSPS) is 12.1. The maximum Gasteiger partial charge on any atom is 0.308 e. The number of fused-ring (bicyclic) bond motifs is 1. The highest BCUT2D eigenvalue weighted by Crippen LogP contribution is 2.29. The topological polar surface area (TPSA) is 75.4 Å². The molecule has 0 aliphatic heterocycles. The van der Waals surface area contributed by atoms with E-state index in [1.54, 1.807) is 18.2 Å². The summed E-state index contributed by atoms with van der Waals surface area (Å²) in [7, 11) is -0.654. The van der Waals surface area contributed by atoms with E-state index in [-0.39, 0.29) is 5.75 Å². The Morgan fingerprint density at radius 1 is 1.18 bits per heavy atom. The Morgan fingerprint density at radius 3 is 2.68 bits per heavy atom. The first kappa shape index (κ1) is 14.6. The predicted molar refractivity (Wildman–Crippen MR) is 84.8 cm³/mol. The SMILES string of the molecule is CN(C)S(=O)(=O)n1cnc(-c2ccc3cccc(O)c3c2)c1. The van der Waals surface area contributed by atoms with E-state index in [0.29, 0.717) is 11.1 Å². The van der Waals surface area contributed by atoms with E-state index in [0.717, 1.165) is 19.2 Å². The fourth-order valence-corrected chi connectivity index (χ4v) is 2.96. The van der Waals surface area contributed by atoms with Crippen LogP contribution in [0.4, 0.5) is 0 Å². The van der Waals surface area contributed by atoms with Gasteiger partial charge in [-0.2, -0.15) is 12.7 Å². The fraction of sp³-hybridized carbons (Fsp3) is 0.133. The average molecular weight is 317 g/mol. The van der Waals surface area contributed by atoms with Crippen LogP contribution in [-0.2, 0) is 10.2 Å². The van der Waals surface area contributed by atoms with Crippen molar-refractivity contribution in [3.05, 3.63) is 48.9 Å². The van der Waals surface area contributed by atoms with Crippen LogP contribution >= 0.6 is 0 Å². The molecule has 0 spiro atoms. The van der Waals surface area contributed by atoms with Gasteiger partial charge < -0.3 is 5.11 Å². The molecule has 2 aromatic carbocycles. The van der Waals surface area contributed by atoms with Gasteiger partial charge in [-0.1, -0.05) is 24.3 Å². The number of phenolic OH excluding ortho intramolecular Hbond substituents is 1. The molecular weight excluding hydrogens is 302 g/mol. The van der Waals surface area contributed by atoms with Crippen molar-refractivity contribution in [2.45, 2.75) is 0 Å². The molecule has 0 amide bonds. The van der Waals surface area contributed by atoms with Crippen LogP contribution in [0.1, 0.15) is 0 Å². The van der Waals surface area contributed by atoms with Gasteiger partial charge in [0.1, 0.15) is 12.1 Å². The zero-order valence-corrected chi connectivity index (χ0v) is 12.9. The quantitative estimate of drug-likeness (QED) is 0.802. The summed E-state index contributed by atoms with van der Waals surface area (Å²) in [5, 5.41) is 11.5. The first-order valence-corrected chi connectivity index (χ1v) is 7.98. The second kappa shape index (κ2) is 5.11. The molecule has 1 aromatic heterocycles. The van der Waals surface area contributed by atoms with Gasteiger partial charge in [0.2, 0.25) is 0 Å². The van der Waals surface area contributed by atoms with Crippen LogP contribution < -0.4 is 0 Å². The monoisotopic (exact) mass is 317 g/mol. The number of aromatic nitrogens is 2. The molecular formula is C15H15N3O3S. The lowest BCUT2D eigenvalue weighted by Crippen LogP contribution is -2.27. The van der Waals surface area contributed by atoms with Crippen molar-refractivity contribution in [3.63, 3.8) is 0 Å². The highest BCUT2D eigenvalue weighted by molar-refractivity contribution is 7.87. The van der Waals surface area contributed by atoms with Crippen LogP contribution in [0.3, 0.4) is 0 Å². The molecule has 6 nitrogen and oxygen atoms in total. The molecule has 114 valence electrons. The minimum atomic E-state index is -3.58. The Morgan fingerprint density at radius 2 is 1.95 bits per heavy atom. The highest BCUT2D eigenvalue weighted by atomic mass is 32.2. The van der Waals surface area contributed by atoms with Crippen molar-refractivity contribution in [1.29, 1.82) is 0 Å². The van der Waals surface area contributed by atoms with Gasteiger partial charge in [0, 0.05) is 31.2 Å². The standard InChI is InChI=1S/C15H15N3O3S/c1-17(2)22(20,21)18-9-14(16-10-18)12-7-6-11-4-3-5-15(19)13(11)8-12/h3-10,19H,1-2H3. The van der Waals surface area contributed by atoms with Gasteiger partial charge in [-0.15, -0.1) is 0 Å². The Bertz CT molecular complexity index is 946. The fourth-order valence-electron chi connectivity index (χ4n) is 2.19. The van der Waals surface area contributed by atoms with Crippen molar-refractivity contribution in [1.82, 2.24) is 13.3 Å². The van der Waals surface area contributed by atoms with Crippen molar-refractivity contribution >= 4 is 21.0 Å². The summed E-state index contributed by atoms with van der Waals surface area (Å²) in [6.07, 6.45) is 2.72. The van der Waals surface area contributed by atoms with Gasteiger partial charge in [0.25, 0.3) is 0 Å². The van der Waals surface area contributed by atoms with E-state index in [2.05, 4.69) is 4.98 Å². The van der Waals surface area contributed by atoms with Gasteiger partial charge in [-0.25, -0.2) is 8.96 Å². The van der Waals surface area contributed by atoms with Crippen LogP contribution in [-0.4, -0.2) is 40.9 Å². The van der Waals surface area contributed by atoms with Crippen LogP contribution in [0.15, 0.2) is 48.9 Å². The number of hydrogen-bond donors (Lipinski definition) is 1. The molecule has 0 radical (unpaired) electrons. The minimum Gasteiger partial charge on any atom is -0.507 e. The molecule has 0 aliphatic rings. The van der Waals surface area contributed by atoms with Crippen LogP contribution in [0.25, 0.3) is 22.0 Å². The Kier molecular flexibility index (Phi) is 3.38. The van der Waals surface area contributed by atoms with Crippen LogP contribution in [0, 0.1) is 0 Å². The second-order valence-corrected chi connectivity index (χ2v) is 7.14. The smallest absolute Gasteiger partial charge is 0.308 e. The summed E-state index contributed by atoms with van der Waals surface area (Å²) >= 11 is 0. The van der Waals surface area contributed by atoms with Crippen molar-refractivity contribution in [2.24, 2.45) is 0 Å². The van der Waals surface area contributed by atoms with Crippen LogP contribution in [0.5, 0.6) is 5.75 Å². The summed E-state index contributed by atoms with van der Waals surface area (Å²) in [6, 6.07) is 10.8. The highest BCUT2D eigenvalue weighted by Gasteiger charge is 2.17. The van der Waals surface area contributed by atoms with Crippen LogP contribution in [0.2, 0.25) is 0 Å². The lowest BCUT2D eigenvalue weighted by molar-refractivity contribution is 0.481. The second-order valence-electron chi connectivity index (χ2n) is 5.09. The molecule has 3 rings (SSSR count). The number of aromatic hydroxyl groups is 1. The lowest BCUT2D eigenvalue weighted by Gasteiger charge is -2.10. The molecule has 22 heavy (non-hydrogen) atoms. The first-order chi connectivity index (χ1) is 10.4. The zero-order chi connectivity index (χ0) is 15.9. The number of hydrogen-bond acceptors (Lipinski definition) is 4. The van der Waals surface area contributed by atoms with E-state index >= 15 is 0 Å². The number of phenols is 1. The lowest BCUT2D eigenvalue weighted by atomic mass is 10.0. The Hall–Kier alpha value is -2.38. The summed E-state index contributed by atoms with van der Waals surface area (Å²) in [4.78, 5) is 4.15. The number of nitrogens with zero attached hydrogens (tertiary/aromatic N) is 3. The number of imidazole rings is 1. The third kappa shape index (κ3) is 2.34. The molecule has 0 saturated carbocycles. The third-order valence-electron chi connectivity index (χ3n) is 3.44. The van der Waals surface area contributed by atoms with Gasteiger partial charge in [0.05, 0.1) is 5.69 Å². The van der Waals surface area contributed by atoms with E-state index < -0.39 is 10.2 Å². The summed E-state index contributed by atoms with van der Waals surface area (Å²) in [5.74, 6) is 0.180. The average Bonchev–Trinajstić information content (AvgIpc) is 2.98. The molecule has 7 heteroatoms. The molecule has 0 unspecified atom stereocenters. The molecule has 0 aliphatic carbocycles. The van der Waals surface area contributed by atoms with Gasteiger partial charge in [-0.3, -0.25) is 0 Å². The molecule has 0 bridgehead atoms. The third-order valence-corrected chi connectivity index (χ3v) is 5.10. The van der Waals surface area contributed by atoms with E-state index in [1.807, 2.05) is 18.2 Å². The maximum atomic E-state index is 12.1. The van der Waals surface area contributed by atoms with E-state index in [9.17, 15) is 13.5 Å². The minimum absolute atomic E-state index is 0.180. The van der Waals surface area contributed by atoms with Crippen molar-refractivity contribution < 1.29 is 13.5 Å².